The largest absolute Gasteiger partial charge is 0.368 e. The summed E-state index contributed by atoms with van der Waals surface area (Å²) in [6.45, 7) is 0.887. The molecule has 0 atom stereocenters. The van der Waals surface area contributed by atoms with Crippen molar-refractivity contribution >= 4 is 11.5 Å². The van der Waals surface area contributed by atoms with Crippen LogP contribution in [0.1, 0.15) is 18.4 Å². The molecule has 20 heavy (non-hydrogen) atoms. The van der Waals surface area contributed by atoms with Crippen molar-refractivity contribution in [1.29, 1.82) is 0 Å². The fourth-order valence-corrected chi connectivity index (χ4v) is 2.51. The minimum absolute atomic E-state index is 0.262. The van der Waals surface area contributed by atoms with Crippen LogP contribution in [0, 0.1) is 0 Å². The molecule has 0 amide bonds. The van der Waals surface area contributed by atoms with Crippen molar-refractivity contribution in [1.82, 2.24) is 25.3 Å². The summed E-state index contributed by atoms with van der Waals surface area (Å²) in [5, 5.41) is 19.0. The van der Waals surface area contributed by atoms with Crippen molar-refractivity contribution in [2.45, 2.75) is 18.3 Å². The van der Waals surface area contributed by atoms with Crippen LogP contribution in [0.2, 0.25) is 0 Å². The molecule has 6 heteroatoms. The molecule has 2 heterocycles. The van der Waals surface area contributed by atoms with Crippen molar-refractivity contribution in [2.75, 3.05) is 11.9 Å². The zero-order valence-electron chi connectivity index (χ0n) is 10.9. The van der Waals surface area contributed by atoms with E-state index in [0.717, 1.165) is 12.4 Å². The predicted octanol–water partition coefficient (Wildman–Crippen LogP) is 1.66. The Morgan fingerprint density at radius 3 is 2.75 bits per heavy atom. The minimum Gasteiger partial charge on any atom is -0.368 e. The molecule has 0 unspecified atom stereocenters. The van der Waals surface area contributed by atoms with E-state index in [4.69, 9.17) is 0 Å². The average Bonchev–Trinajstić information content (AvgIpc) is 3.16. The Balaban J connectivity index is 1.52. The lowest BCUT2D eigenvalue weighted by Gasteiger charge is -2.16. The average molecular weight is 266 g/mol. The van der Waals surface area contributed by atoms with Crippen LogP contribution in [0.5, 0.6) is 0 Å². The first-order valence-electron chi connectivity index (χ1n) is 6.71. The zero-order chi connectivity index (χ0) is 13.4. The first kappa shape index (κ1) is 11.3. The molecule has 1 aromatic carbocycles. The Kier molecular flexibility index (Phi) is 2.42. The second-order valence-corrected chi connectivity index (χ2v) is 5.25. The lowest BCUT2D eigenvalue weighted by atomic mass is 9.96. The summed E-state index contributed by atoms with van der Waals surface area (Å²) >= 11 is 0. The molecular formula is C14H14N6. The lowest BCUT2D eigenvalue weighted by molar-refractivity contribution is 0.709. The van der Waals surface area contributed by atoms with Gasteiger partial charge >= 0.3 is 0 Å². The van der Waals surface area contributed by atoms with Gasteiger partial charge in [0.1, 0.15) is 5.82 Å². The molecule has 1 saturated carbocycles. The number of nitrogens with zero attached hydrogens (tertiary/aromatic N) is 5. The number of hydrogen-bond donors (Lipinski definition) is 1. The van der Waals surface area contributed by atoms with Gasteiger partial charge in [0, 0.05) is 12.0 Å². The Morgan fingerprint density at radius 1 is 1.10 bits per heavy atom. The first-order valence-corrected chi connectivity index (χ1v) is 6.71. The summed E-state index contributed by atoms with van der Waals surface area (Å²) < 4.78 is 1.43. The summed E-state index contributed by atoms with van der Waals surface area (Å²) in [5.74, 6) is 0.798. The summed E-state index contributed by atoms with van der Waals surface area (Å²) in [6.07, 6.45) is 2.44. The number of aromatic nitrogens is 5. The van der Waals surface area contributed by atoms with Crippen LogP contribution < -0.4 is 5.32 Å². The van der Waals surface area contributed by atoms with E-state index in [1.807, 2.05) is 12.1 Å². The highest BCUT2D eigenvalue weighted by Crippen LogP contribution is 2.47. The number of fused-ring (bicyclic) bond motifs is 1. The smallest absolute Gasteiger partial charge is 0.200 e. The maximum Gasteiger partial charge on any atom is 0.200 e. The topological polar surface area (TPSA) is 68.0 Å². The minimum atomic E-state index is 0.262. The van der Waals surface area contributed by atoms with E-state index in [2.05, 4.69) is 56.3 Å². The Morgan fingerprint density at radius 2 is 1.95 bits per heavy atom. The van der Waals surface area contributed by atoms with Crippen LogP contribution in [-0.4, -0.2) is 31.8 Å². The molecule has 1 fully saturated rings. The molecule has 2 aromatic heterocycles. The van der Waals surface area contributed by atoms with Gasteiger partial charge in [-0.2, -0.15) is 0 Å². The van der Waals surface area contributed by atoms with Gasteiger partial charge in [-0.15, -0.1) is 14.8 Å². The van der Waals surface area contributed by atoms with Crippen molar-refractivity contribution in [3.8, 4) is 0 Å². The number of anilines is 1. The molecule has 0 saturated heterocycles. The van der Waals surface area contributed by atoms with Gasteiger partial charge in [0.25, 0.3) is 0 Å². The summed E-state index contributed by atoms with van der Waals surface area (Å²) in [4.78, 5) is 0. The first-order chi connectivity index (χ1) is 9.86. The Labute approximate surface area is 115 Å². The summed E-state index contributed by atoms with van der Waals surface area (Å²) in [5.41, 5.74) is 2.31. The van der Waals surface area contributed by atoms with E-state index >= 15 is 0 Å². The molecular weight excluding hydrogens is 252 g/mol. The number of hydrogen-bond acceptors (Lipinski definition) is 5. The molecule has 100 valence electrons. The van der Waals surface area contributed by atoms with E-state index in [1.165, 1.54) is 23.0 Å². The summed E-state index contributed by atoms with van der Waals surface area (Å²) in [6, 6.07) is 14.4. The monoisotopic (exact) mass is 266 g/mol. The number of rotatable bonds is 4. The maximum atomic E-state index is 4.33. The van der Waals surface area contributed by atoms with Crippen molar-refractivity contribution in [2.24, 2.45) is 0 Å². The van der Waals surface area contributed by atoms with Crippen LogP contribution in [-0.2, 0) is 5.41 Å². The maximum absolute atomic E-state index is 4.33. The molecule has 3 aromatic rings. The molecule has 0 spiro atoms. The van der Waals surface area contributed by atoms with Crippen molar-refractivity contribution < 1.29 is 0 Å². The van der Waals surface area contributed by atoms with E-state index in [0.29, 0.717) is 5.65 Å². The summed E-state index contributed by atoms with van der Waals surface area (Å²) in [7, 11) is 0. The van der Waals surface area contributed by atoms with E-state index in [-0.39, 0.29) is 5.41 Å². The molecule has 6 nitrogen and oxygen atoms in total. The molecule has 4 rings (SSSR count). The highest BCUT2D eigenvalue weighted by Gasteiger charge is 2.43. The fourth-order valence-electron chi connectivity index (χ4n) is 2.51. The molecule has 1 N–H and O–H groups in total. The van der Waals surface area contributed by atoms with Gasteiger partial charge in [-0.1, -0.05) is 30.3 Å². The third-order valence-electron chi connectivity index (χ3n) is 3.92. The highest BCUT2D eigenvalue weighted by molar-refractivity contribution is 5.44. The molecule has 0 radical (unpaired) electrons. The molecule has 1 aliphatic carbocycles. The number of nitrogens with one attached hydrogen (secondary N) is 1. The predicted molar refractivity (Wildman–Crippen MR) is 74.4 cm³/mol. The van der Waals surface area contributed by atoms with Crippen LogP contribution in [0.4, 0.5) is 5.82 Å². The van der Waals surface area contributed by atoms with Crippen LogP contribution >= 0.6 is 0 Å². The third kappa shape index (κ3) is 1.89. The van der Waals surface area contributed by atoms with E-state index in [1.54, 1.807) is 0 Å². The lowest BCUT2D eigenvalue weighted by Crippen LogP contribution is -2.20. The van der Waals surface area contributed by atoms with E-state index in [9.17, 15) is 0 Å². The van der Waals surface area contributed by atoms with Gasteiger partial charge in [0.05, 0.1) is 0 Å². The third-order valence-corrected chi connectivity index (χ3v) is 3.92. The normalized spacial score (nSPS) is 16.2. The van der Waals surface area contributed by atoms with Gasteiger partial charge < -0.3 is 5.32 Å². The van der Waals surface area contributed by atoms with Gasteiger partial charge in [0.15, 0.2) is 5.65 Å². The number of tetrazole rings is 1. The fraction of sp³-hybridized carbons (Fsp3) is 0.286. The van der Waals surface area contributed by atoms with Gasteiger partial charge in [0.2, 0.25) is 0 Å². The van der Waals surface area contributed by atoms with Gasteiger partial charge in [-0.3, -0.25) is 0 Å². The Hall–Kier alpha value is -2.50. The second-order valence-electron chi connectivity index (χ2n) is 5.25. The van der Waals surface area contributed by atoms with Gasteiger partial charge in [-0.05, 0) is 41.0 Å². The Bertz CT molecular complexity index is 732. The highest BCUT2D eigenvalue weighted by atomic mass is 15.6. The van der Waals surface area contributed by atoms with Crippen LogP contribution in [0.15, 0.2) is 42.5 Å². The van der Waals surface area contributed by atoms with Crippen LogP contribution in [0.3, 0.4) is 0 Å². The van der Waals surface area contributed by atoms with Crippen LogP contribution in [0.25, 0.3) is 5.65 Å². The van der Waals surface area contributed by atoms with Crippen molar-refractivity contribution in [3.63, 3.8) is 0 Å². The second kappa shape index (κ2) is 4.26. The SMILES string of the molecule is c1ccc(C2(CNc3ccc4nnnn4n3)CC2)cc1. The number of benzene rings is 1. The van der Waals surface area contributed by atoms with Gasteiger partial charge in [-0.25, -0.2) is 0 Å². The van der Waals surface area contributed by atoms with E-state index < -0.39 is 0 Å². The standard InChI is InChI=1S/C14H14N6/c1-2-4-11(5-3-1)14(8-9-14)10-15-12-6-7-13-16-18-19-20(13)17-12/h1-7H,8-10H2,(H,15,17). The molecule has 0 aliphatic heterocycles. The molecule has 1 aliphatic rings. The van der Waals surface area contributed by atoms with Crippen molar-refractivity contribution in [3.05, 3.63) is 48.0 Å². The zero-order valence-corrected chi connectivity index (χ0v) is 10.9. The molecule has 0 bridgehead atoms. The quantitative estimate of drug-likeness (QED) is 0.778.